The molecule has 0 bridgehead atoms. The van der Waals surface area contributed by atoms with Crippen molar-refractivity contribution in [3.8, 4) is 5.75 Å². The summed E-state index contributed by atoms with van der Waals surface area (Å²) in [7, 11) is -3.68. The topological polar surface area (TPSA) is 84.5 Å². The van der Waals surface area contributed by atoms with Crippen molar-refractivity contribution in [1.29, 1.82) is 0 Å². The minimum atomic E-state index is -3.68. The summed E-state index contributed by atoms with van der Waals surface area (Å²) in [5, 5.41) is 2.54. The van der Waals surface area contributed by atoms with E-state index < -0.39 is 21.7 Å². The first-order valence-corrected chi connectivity index (χ1v) is 10.0. The average molecular weight is 415 g/mol. The van der Waals surface area contributed by atoms with Gasteiger partial charge in [0.2, 0.25) is 10.0 Å². The molecule has 6 nitrogen and oxygen atoms in total. The molecule has 1 amide bonds. The first-order chi connectivity index (χ1) is 12.7. The van der Waals surface area contributed by atoms with Gasteiger partial charge in [0.05, 0.1) is 9.92 Å². The second kappa shape index (κ2) is 9.16. The second-order valence-electron chi connectivity index (χ2n) is 6.19. The third-order valence-electron chi connectivity index (χ3n) is 3.36. The van der Waals surface area contributed by atoms with E-state index in [1.807, 2.05) is 13.8 Å². The minimum absolute atomic E-state index is 0.00436. The highest BCUT2D eigenvalue weighted by molar-refractivity contribution is 7.89. The molecule has 0 fully saturated rings. The van der Waals surface area contributed by atoms with Crippen LogP contribution in [-0.4, -0.2) is 27.5 Å². The molecule has 2 aromatic carbocycles. The largest absolute Gasteiger partial charge is 0.482 e. The molecule has 0 radical (unpaired) electrons. The van der Waals surface area contributed by atoms with Gasteiger partial charge in [0.1, 0.15) is 11.6 Å². The Balaban J connectivity index is 1.98. The van der Waals surface area contributed by atoms with Crippen LogP contribution in [0.3, 0.4) is 0 Å². The van der Waals surface area contributed by atoms with Crippen molar-refractivity contribution in [1.82, 2.24) is 4.72 Å². The lowest BCUT2D eigenvalue weighted by molar-refractivity contribution is -0.118. The molecular formula is C18H20ClFN2O4S. The third-order valence-corrected chi connectivity index (χ3v) is 5.08. The van der Waals surface area contributed by atoms with E-state index in [0.29, 0.717) is 12.2 Å². The van der Waals surface area contributed by atoms with Gasteiger partial charge in [-0.25, -0.2) is 17.5 Å². The van der Waals surface area contributed by atoms with Gasteiger partial charge in [-0.05, 0) is 42.3 Å². The Bertz CT molecular complexity index is 919. The molecule has 0 aliphatic rings. The molecule has 2 rings (SSSR count). The highest BCUT2D eigenvalue weighted by Gasteiger charge is 2.16. The quantitative estimate of drug-likeness (QED) is 0.693. The molecule has 0 saturated heterocycles. The number of nitrogens with one attached hydrogen (secondary N) is 2. The fourth-order valence-electron chi connectivity index (χ4n) is 2.03. The molecule has 2 aromatic rings. The molecule has 0 saturated carbocycles. The van der Waals surface area contributed by atoms with Crippen molar-refractivity contribution in [3.05, 3.63) is 53.3 Å². The zero-order valence-electron chi connectivity index (χ0n) is 14.8. The fraction of sp³-hybridized carbons (Fsp3) is 0.278. The van der Waals surface area contributed by atoms with Gasteiger partial charge in [0, 0.05) is 12.2 Å². The summed E-state index contributed by atoms with van der Waals surface area (Å²) in [6.07, 6.45) is 0. The van der Waals surface area contributed by atoms with Crippen LogP contribution in [0.25, 0.3) is 0 Å². The van der Waals surface area contributed by atoms with E-state index in [0.717, 1.165) is 0 Å². The van der Waals surface area contributed by atoms with Crippen molar-refractivity contribution in [2.24, 2.45) is 5.92 Å². The SMILES string of the molecule is CC(C)CNS(=O)(=O)c1ccc(OCC(=O)Nc2cccc(F)c2)c(Cl)c1. The zero-order valence-corrected chi connectivity index (χ0v) is 16.4. The Morgan fingerprint density at radius 1 is 1.22 bits per heavy atom. The van der Waals surface area contributed by atoms with Crippen molar-refractivity contribution in [2.75, 3.05) is 18.5 Å². The number of rotatable bonds is 8. The van der Waals surface area contributed by atoms with Crippen LogP contribution in [0.2, 0.25) is 5.02 Å². The number of sulfonamides is 1. The van der Waals surface area contributed by atoms with Crippen molar-refractivity contribution < 1.29 is 22.3 Å². The Labute approximate surface area is 162 Å². The lowest BCUT2D eigenvalue weighted by Crippen LogP contribution is -2.27. The van der Waals surface area contributed by atoms with Crippen LogP contribution in [0.1, 0.15) is 13.8 Å². The fourth-order valence-corrected chi connectivity index (χ4v) is 3.57. The van der Waals surface area contributed by atoms with Crippen molar-refractivity contribution in [2.45, 2.75) is 18.7 Å². The van der Waals surface area contributed by atoms with E-state index in [9.17, 15) is 17.6 Å². The number of benzene rings is 2. The molecule has 0 atom stereocenters. The monoisotopic (exact) mass is 414 g/mol. The van der Waals surface area contributed by atoms with Gasteiger partial charge in [-0.15, -0.1) is 0 Å². The molecule has 27 heavy (non-hydrogen) atoms. The lowest BCUT2D eigenvalue weighted by Gasteiger charge is -2.12. The number of carbonyl (C=O) groups excluding carboxylic acids is 1. The van der Waals surface area contributed by atoms with E-state index in [4.69, 9.17) is 16.3 Å². The van der Waals surface area contributed by atoms with Crippen molar-refractivity contribution in [3.63, 3.8) is 0 Å². The summed E-state index contributed by atoms with van der Waals surface area (Å²) in [5.74, 6) is -0.657. The number of halogens is 2. The van der Waals surface area contributed by atoms with Gasteiger partial charge < -0.3 is 10.1 Å². The van der Waals surface area contributed by atoms with E-state index in [-0.39, 0.29) is 28.2 Å². The summed E-state index contributed by atoms with van der Waals surface area (Å²) < 4.78 is 45.3. The molecule has 146 valence electrons. The molecule has 0 unspecified atom stereocenters. The molecule has 0 aliphatic heterocycles. The first kappa shape index (κ1) is 21.1. The van der Waals surface area contributed by atoms with Gasteiger partial charge in [-0.2, -0.15) is 0 Å². The van der Waals surface area contributed by atoms with Gasteiger partial charge in [-0.1, -0.05) is 31.5 Å². The highest BCUT2D eigenvalue weighted by atomic mass is 35.5. The summed E-state index contributed by atoms with van der Waals surface area (Å²) in [4.78, 5) is 11.9. The summed E-state index contributed by atoms with van der Waals surface area (Å²) in [6, 6.07) is 9.42. The lowest BCUT2D eigenvalue weighted by atomic mass is 10.2. The Kier molecular flexibility index (Phi) is 7.18. The third kappa shape index (κ3) is 6.50. The van der Waals surface area contributed by atoms with Crippen LogP contribution in [0, 0.1) is 11.7 Å². The summed E-state index contributed by atoms with van der Waals surface area (Å²) in [6.45, 7) is 3.72. The smallest absolute Gasteiger partial charge is 0.262 e. The predicted molar refractivity (Wildman–Crippen MR) is 102 cm³/mol. The minimum Gasteiger partial charge on any atom is -0.482 e. The van der Waals surface area contributed by atoms with Crippen LogP contribution in [0.5, 0.6) is 5.75 Å². The van der Waals surface area contributed by atoms with Gasteiger partial charge >= 0.3 is 0 Å². The van der Waals surface area contributed by atoms with Crippen LogP contribution in [0.4, 0.5) is 10.1 Å². The van der Waals surface area contributed by atoms with Crippen LogP contribution < -0.4 is 14.8 Å². The van der Waals surface area contributed by atoms with E-state index in [2.05, 4.69) is 10.0 Å². The van der Waals surface area contributed by atoms with Crippen LogP contribution >= 0.6 is 11.6 Å². The van der Waals surface area contributed by atoms with Crippen LogP contribution in [0.15, 0.2) is 47.4 Å². The molecule has 0 aliphatic carbocycles. The second-order valence-corrected chi connectivity index (χ2v) is 8.36. The number of hydrogen-bond donors (Lipinski definition) is 2. The molecule has 0 aromatic heterocycles. The maximum atomic E-state index is 13.1. The molecular weight excluding hydrogens is 395 g/mol. The number of carbonyl (C=O) groups is 1. The first-order valence-electron chi connectivity index (χ1n) is 8.15. The molecule has 0 spiro atoms. The number of ether oxygens (including phenoxy) is 1. The van der Waals surface area contributed by atoms with E-state index in [1.165, 1.54) is 42.5 Å². The summed E-state index contributed by atoms with van der Waals surface area (Å²) in [5.41, 5.74) is 0.298. The maximum absolute atomic E-state index is 13.1. The highest BCUT2D eigenvalue weighted by Crippen LogP contribution is 2.27. The predicted octanol–water partition coefficient (Wildman–Crippen LogP) is 3.43. The summed E-state index contributed by atoms with van der Waals surface area (Å²) >= 11 is 6.06. The Morgan fingerprint density at radius 3 is 2.59 bits per heavy atom. The maximum Gasteiger partial charge on any atom is 0.262 e. The Hall–Kier alpha value is -2.16. The van der Waals surface area contributed by atoms with Crippen LogP contribution in [-0.2, 0) is 14.8 Å². The Morgan fingerprint density at radius 2 is 1.96 bits per heavy atom. The number of amides is 1. The molecule has 2 N–H and O–H groups in total. The van der Waals surface area contributed by atoms with E-state index >= 15 is 0 Å². The van der Waals surface area contributed by atoms with Gasteiger partial charge in [0.25, 0.3) is 5.91 Å². The van der Waals surface area contributed by atoms with Crippen molar-refractivity contribution >= 4 is 33.2 Å². The number of hydrogen-bond acceptors (Lipinski definition) is 4. The molecule has 9 heteroatoms. The normalized spacial score (nSPS) is 11.4. The molecule has 0 heterocycles. The standard InChI is InChI=1S/C18H20ClFN2O4S/c1-12(2)10-21-27(24,25)15-6-7-17(16(19)9-15)26-11-18(23)22-14-5-3-4-13(20)8-14/h3-9,12,21H,10-11H2,1-2H3,(H,22,23). The van der Waals surface area contributed by atoms with Gasteiger partial charge in [-0.3, -0.25) is 4.79 Å². The van der Waals surface area contributed by atoms with Gasteiger partial charge in [0.15, 0.2) is 6.61 Å². The number of anilines is 1. The van der Waals surface area contributed by atoms with E-state index in [1.54, 1.807) is 0 Å². The average Bonchev–Trinajstić information content (AvgIpc) is 2.59. The zero-order chi connectivity index (χ0) is 20.0.